The molecule has 1 nitrogen and oxygen atoms in total. The molecule has 0 fully saturated rings. The third-order valence-corrected chi connectivity index (χ3v) is 4.24. The molecule has 0 aromatic heterocycles. The van der Waals surface area contributed by atoms with Crippen LogP contribution in [-0.2, 0) is 6.42 Å². The summed E-state index contributed by atoms with van der Waals surface area (Å²) < 4.78 is 0. The molecule has 2 aromatic carbocycles. The van der Waals surface area contributed by atoms with Crippen LogP contribution in [0.25, 0.3) is 0 Å². The molecular formula is C17H18OS. The van der Waals surface area contributed by atoms with Gasteiger partial charge in [0.05, 0.1) is 11.4 Å². The van der Waals surface area contributed by atoms with Crippen molar-refractivity contribution in [1.29, 1.82) is 0 Å². The molecule has 0 amide bonds. The van der Waals surface area contributed by atoms with E-state index in [2.05, 4.69) is 18.7 Å². The minimum atomic E-state index is -0.426. The van der Waals surface area contributed by atoms with E-state index in [4.69, 9.17) is 0 Å². The summed E-state index contributed by atoms with van der Waals surface area (Å²) in [5.41, 5.74) is 1.15. The van der Waals surface area contributed by atoms with E-state index in [9.17, 15) is 5.11 Å². The molecule has 0 unspecified atom stereocenters. The molecule has 2 heteroatoms. The zero-order valence-electron chi connectivity index (χ0n) is 10.8. The van der Waals surface area contributed by atoms with Gasteiger partial charge in [-0.3, -0.25) is 0 Å². The summed E-state index contributed by atoms with van der Waals surface area (Å²) in [6, 6.07) is 20.2. The van der Waals surface area contributed by atoms with Gasteiger partial charge >= 0.3 is 0 Å². The Hall–Kier alpha value is -1.51. The smallest absolute Gasteiger partial charge is 0.0737 e. The van der Waals surface area contributed by atoms with Crippen LogP contribution in [0.2, 0.25) is 0 Å². The van der Waals surface area contributed by atoms with Gasteiger partial charge in [-0.15, -0.1) is 18.3 Å². The van der Waals surface area contributed by atoms with Crippen LogP contribution in [0.5, 0.6) is 0 Å². The summed E-state index contributed by atoms with van der Waals surface area (Å²) in [6.45, 7) is 3.84. The number of rotatable bonds is 6. The number of aliphatic hydroxyl groups is 1. The van der Waals surface area contributed by atoms with Crippen molar-refractivity contribution in [3.05, 3.63) is 78.9 Å². The van der Waals surface area contributed by atoms with Crippen molar-refractivity contribution in [3.8, 4) is 0 Å². The summed E-state index contributed by atoms with van der Waals surface area (Å²) in [7, 11) is 0. The molecule has 0 aliphatic heterocycles. The van der Waals surface area contributed by atoms with Gasteiger partial charge in [-0.1, -0.05) is 54.6 Å². The van der Waals surface area contributed by atoms with Crippen molar-refractivity contribution in [2.45, 2.75) is 22.7 Å². The van der Waals surface area contributed by atoms with Gasteiger partial charge in [0, 0.05) is 4.90 Å². The van der Waals surface area contributed by atoms with E-state index in [1.807, 2.05) is 54.6 Å². The molecule has 0 saturated carbocycles. The monoisotopic (exact) mass is 270 g/mol. The van der Waals surface area contributed by atoms with Crippen LogP contribution in [0, 0.1) is 0 Å². The Morgan fingerprint density at radius 3 is 2.16 bits per heavy atom. The second kappa shape index (κ2) is 7.17. The van der Waals surface area contributed by atoms with E-state index in [0.29, 0.717) is 6.42 Å². The average Bonchev–Trinajstić information content (AvgIpc) is 2.47. The number of hydrogen-bond donors (Lipinski definition) is 1. The Morgan fingerprint density at radius 1 is 1.00 bits per heavy atom. The zero-order valence-corrected chi connectivity index (χ0v) is 11.6. The summed E-state index contributed by atoms with van der Waals surface area (Å²) in [6.07, 6.45) is 2.05. The maximum atomic E-state index is 10.3. The van der Waals surface area contributed by atoms with E-state index in [1.54, 1.807) is 11.8 Å². The van der Waals surface area contributed by atoms with E-state index >= 15 is 0 Å². The molecular weight excluding hydrogens is 252 g/mol. The average molecular weight is 270 g/mol. The van der Waals surface area contributed by atoms with Crippen molar-refractivity contribution < 1.29 is 5.11 Å². The molecule has 0 bridgehead atoms. The third-order valence-electron chi connectivity index (χ3n) is 2.91. The van der Waals surface area contributed by atoms with Crippen molar-refractivity contribution >= 4 is 11.8 Å². The van der Waals surface area contributed by atoms with Crippen molar-refractivity contribution in [2.75, 3.05) is 0 Å². The molecule has 0 radical (unpaired) electrons. The molecule has 1 N–H and O–H groups in total. The van der Waals surface area contributed by atoms with Crippen LogP contribution in [0.4, 0.5) is 0 Å². The lowest BCUT2D eigenvalue weighted by molar-refractivity contribution is 0.183. The fourth-order valence-corrected chi connectivity index (χ4v) is 2.89. The lowest BCUT2D eigenvalue weighted by Crippen LogP contribution is -2.23. The Kier molecular flexibility index (Phi) is 5.25. The minimum Gasteiger partial charge on any atom is -0.391 e. The van der Waals surface area contributed by atoms with Gasteiger partial charge in [0.1, 0.15) is 0 Å². The van der Waals surface area contributed by atoms with E-state index in [0.717, 1.165) is 10.5 Å². The van der Waals surface area contributed by atoms with Crippen LogP contribution in [0.15, 0.2) is 78.2 Å². The summed E-state index contributed by atoms with van der Waals surface area (Å²) in [5, 5.41) is 10.3. The lowest BCUT2D eigenvalue weighted by atomic mass is 10.1. The molecule has 19 heavy (non-hydrogen) atoms. The lowest BCUT2D eigenvalue weighted by Gasteiger charge is -2.19. The Labute approximate surface area is 119 Å². The molecule has 2 atom stereocenters. The summed E-state index contributed by atoms with van der Waals surface area (Å²) in [4.78, 5) is 1.15. The van der Waals surface area contributed by atoms with Crippen LogP contribution in [-0.4, -0.2) is 16.5 Å². The van der Waals surface area contributed by atoms with Crippen LogP contribution < -0.4 is 0 Å². The standard InChI is InChI=1S/C17H18OS/c1-2-17(19-15-11-7-4-8-12-15)16(18)13-14-9-5-3-6-10-14/h2-12,16-18H,1,13H2/t16-,17+/m0/s1. The van der Waals surface area contributed by atoms with Crippen molar-refractivity contribution in [2.24, 2.45) is 0 Å². The zero-order chi connectivity index (χ0) is 13.5. The molecule has 0 spiro atoms. The SMILES string of the molecule is C=C[C@@H](Sc1ccccc1)[C@@H](O)Cc1ccccc1. The first-order valence-corrected chi connectivity index (χ1v) is 7.24. The third kappa shape index (κ3) is 4.27. The topological polar surface area (TPSA) is 20.2 Å². The summed E-state index contributed by atoms with van der Waals surface area (Å²) >= 11 is 1.65. The Morgan fingerprint density at radius 2 is 1.58 bits per heavy atom. The van der Waals surface area contributed by atoms with Crippen LogP contribution in [0.3, 0.4) is 0 Å². The van der Waals surface area contributed by atoms with Gasteiger partial charge in [-0.25, -0.2) is 0 Å². The fraction of sp³-hybridized carbons (Fsp3) is 0.176. The molecule has 2 aromatic rings. The maximum absolute atomic E-state index is 10.3. The highest BCUT2D eigenvalue weighted by atomic mass is 32.2. The normalized spacial score (nSPS) is 13.7. The first-order valence-electron chi connectivity index (χ1n) is 6.36. The highest BCUT2D eigenvalue weighted by Gasteiger charge is 2.17. The van der Waals surface area contributed by atoms with E-state index < -0.39 is 6.10 Å². The van der Waals surface area contributed by atoms with E-state index in [-0.39, 0.29) is 5.25 Å². The highest BCUT2D eigenvalue weighted by molar-refractivity contribution is 8.00. The van der Waals surface area contributed by atoms with Gasteiger partial charge in [0.15, 0.2) is 0 Å². The van der Waals surface area contributed by atoms with Gasteiger partial charge < -0.3 is 5.11 Å². The number of thioether (sulfide) groups is 1. The summed E-state index contributed by atoms with van der Waals surface area (Å²) in [5.74, 6) is 0. The largest absolute Gasteiger partial charge is 0.391 e. The van der Waals surface area contributed by atoms with Crippen molar-refractivity contribution in [1.82, 2.24) is 0 Å². The first-order chi connectivity index (χ1) is 9.29. The number of hydrogen-bond acceptors (Lipinski definition) is 2. The minimum absolute atomic E-state index is 0.00241. The molecule has 0 aliphatic carbocycles. The Bertz CT molecular complexity index is 495. The van der Waals surface area contributed by atoms with Crippen LogP contribution in [0.1, 0.15) is 5.56 Å². The quantitative estimate of drug-likeness (QED) is 0.634. The predicted octanol–water partition coefficient (Wildman–Crippen LogP) is 3.94. The molecule has 0 heterocycles. The number of benzene rings is 2. The van der Waals surface area contributed by atoms with Crippen molar-refractivity contribution in [3.63, 3.8) is 0 Å². The fourth-order valence-electron chi connectivity index (χ4n) is 1.91. The molecule has 2 rings (SSSR count). The second-order valence-electron chi connectivity index (χ2n) is 4.39. The number of aliphatic hydroxyl groups excluding tert-OH is 1. The van der Waals surface area contributed by atoms with Gasteiger partial charge in [0.25, 0.3) is 0 Å². The van der Waals surface area contributed by atoms with Crippen LogP contribution >= 0.6 is 11.8 Å². The highest BCUT2D eigenvalue weighted by Crippen LogP contribution is 2.27. The molecule has 0 aliphatic rings. The van der Waals surface area contributed by atoms with Gasteiger partial charge in [-0.2, -0.15) is 0 Å². The molecule has 0 saturated heterocycles. The van der Waals surface area contributed by atoms with E-state index in [1.165, 1.54) is 0 Å². The first kappa shape index (κ1) is 13.9. The Balaban J connectivity index is 1.99. The second-order valence-corrected chi connectivity index (χ2v) is 5.64. The van der Waals surface area contributed by atoms with Gasteiger partial charge in [0.2, 0.25) is 0 Å². The van der Waals surface area contributed by atoms with Gasteiger partial charge in [-0.05, 0) is 24.1 Å². The molecule has 98 valence electrons. The predicted molar refractivity (Wildman–Crippen MR) is 82.4 cm³/mol. The maximum Gasteiger partial charge on any atom is 0.0737 e.